The van der Waals surface area contributed by atoms with Crippen molar-refractivity contribution in [2.45, 2.75) is 19.5 Å². The first-order valence-corrected chi connectivity index (χ1v) is 4.30. The maximum absolute atomic E-state index is 5.42. The molecule has 1 aromatic rings. The highest BCUT2D eigenvalue weighted by atomic mass is 32.1. The normalized spacial score (nSPS) is 13.3. The summed E-state index contributed by atoms with van der Waals surface area (Å²) < 4.78 is 3.75. The second-order valence-corrected chi connectivity index (χ2v) is 3.27. The number of hydrogen-bond donors (Lipinski definition) is 2. The minimum atomic E-state index is 0.358. The summed E-state index contributed by atoms with van der Waals surface area (Å²) in [6, 6.07) is 0.358. The molecular formula is C6H12N4S. The summed E-state index contributed by atoms with van der Waals surface area (Å²) in [4.78, 5) is 1.14. The van der Waals surface area contributed by atoms with Gasteiger partial charge in [0, 0.05) is 19.1 Å². The van der Waals surface area contributed by atoms with E-state index in [1.807, 2.05) is 0 Å². The molecule has 0 bridgehead atoms. The van der Waals surface area contributed by atoms with Gasteiger partial charge in [-0.25, -0.2) is 0 Å². The summed E-state index contributed by atoms with van der Waals surface area (Å²) in [5.74, 6) is 0. The fraction of sp³-hybridized carbons (Fsp3) is 0.667. The summed E-state index contributed by atoms with van der Waals surface area (Å²) in [5.41, 5.74) is 5.42. The topological polar surface area (TPSA) is 63.8 Å². The van der Waals surface area contributed by atoms with Gasteiger partial charge in [0.2, 0.25) is 0 Å². The highest BCUT2D eigenvalue weighted by molar-refractivity contribution is 7.05. The third kappa shape index (κ3) is 2.92. The molecule has 0 aliphatic rings. The van der Waals surface area contributed by atoms with Crippen molar-refractivity contribution in [1.29, 1.82) is 0 Å². The van der Waals surface area contributed by atoms with Crippen LogP contribution in [0.1, 0.15) is 11.8 Å². The van der Waals surface area contributed by atoms with E-state index in [1.54, 1.807) is 6.20 Å². The van der Waals surface area contributed by atoms with Gasteiger partial charge in [0.25, 0.3) is 0 Å². The zero-order chi connectivity index (χ0) is 8.10. The number of nitrogens with two attached hydrogens (primary N) is 1. The maximum atomic E-state index is 5.42. The summed E-state index contributed by atoms with van der Waals surface area (Å²) in [5, 5.41) is 6.96. The molecular weight excluding hydrogens is 160 g/mol. The van der Waals surface area contributed by atoms with E-state index in [-0.39, 0.29) is 0 Å². The molecule has 1 atom stereocenters. The molecule has 0 aromatic carbocycles. The Hall–Kier alpha value is -0.520. The van der Waals surface area contributed by atoms with Crippen LogP contribution in [0.15, 0.2) is 6.20 Å². The van der Waals surface area contributed by atoms with Crippen molar-refractivity contribution in [3.63, 3.8) is 0 Å². The van der Waals surface area contributed by atoms with Crippen molar-refractivity contribution in [3.8, 4) is 0 Å². The molecule has 0 spiro atoms. The highest BCUT2D eigenvalue weighted by Crippen LogP contribution is 2.00. The van der Waals surface area contributed by atoms with Crippen LogP contribution < -0.4 is 11.1 Å². The first-order valence-electron chi connectivity index (χ1n) is 3.52. The first-order chi connectivity index (χ1) is 5.33. The molecule has 0 radical (unpaired) electrons. The highest BCUT2D eigenvalue weighted by Gasteiger charge is 1.99. The van der Waals surface area contributed by atoms with Crippen molar-refractivity contribution in [2.75, 3.05) is 6.54 Å². The lowest BCUT2D eigenvalue weighted by Crippen LogP contribution is -2.32. The van der Waals surface area contributed by atoms with Crippen molar-refractivity contribution in [1.82, 2.24) is 14.9 Å². The Kier molecular flexibility index (Phi) is 3.41. The molecule has 62 valence electrons. The second-order valence-electron chi connectivity index (χ2n) is 2.40. The monoisotopic (exact) mass is 172 g/mol. The van der Waals surface area contributed by atoms with Gasteiger partial charge in [0.05, 0.1) is 11.1 Å². The molecule has 5 heteroatoms. The molecule has 1 aromatic heterocycles. The number of hydrogen-bond acceptors (Lipinski definition) is 5. The van der Waals surface area contributed by atoms with Crippen LogP contribution in [-0.4, -0.2) is 22.2 Å². The lowest BCUT2D eigenvalue weighted by molar-refractivity contribution is 0.559. The smallest absolute Gasteiger partial charge is 0.0666 e. The van der Waals surface area contributed by atoms with Crippen LogP contribution in [-0.2, 0) is 6.54 Å². The van der Waals surface area contributed by atoms with Crippen LogP contribution in [0.3, 0.4) is 0 Å². The van der Waals surface area contributed by atoms with Crippen molar-refractivity contribution >= 4 is 11.5 Å². The molecule has 1 unspecified atom stereocenters. The molecule has 11 heavy (non-hydrogen) atoms. The van der Waals surface area contributed by atoms with Gasteiger partial charge >= 0.3 is 0 Å². The van der Waals surface area contributed by atoms with Gasteiger partial charge in [0.15, 0.2) is 0 Å². The summed E-state index contributed by atoms with van der Waals surface area (Å²) in [6.07, 6.45) is 1.76. The Labute approximate surface area is 70.0 Å². The number of nitrogens with zero attached hydrogens (tertiary/aromatic N) is 2. The lowest BCUT2D eigenvalue weighted by atomic mass is 10.3. The summed E-state index contributed by atoms with van der Waals surface area (Å²) in [6.45, 7) is 3.52. The molecule has 0 amide bonds. The fourth-order valence-electron chi connectivity index (χ4n) is 0.624. The maximum Gasteiger partial charge on any atom is 0.0666 e. The Bertz CT molecular complexity index is 186. The number of nitrogens with one attached hydrogen (secondary N) is 1. The van der Waals surface area contributed by atoms with Gasteiger partial charge in [-0.1, -0.05) is 4.49 Å². The largest absolute Gasteiger partial charge is 0.329 e. The van der Waals surface area contributed by atoms with Crippen LogP contribution in [0.4, 0.5) is 0 Å². The predicted octanol–water partition coefficient (Wildman–Crippen LogP) is -0.0251. The molecule has 3 N–H and O–H groups in total. The third-order valence-corrected chi connectivity index (χ3v) is 2.05. The Morgan fingerprint density at radius 2 is 2.64 bits per heavy atom. The van der Waals surface area contributed by atoms with Crippen LogP contribution in [0.5, 0.6) is 0 Å². The molecule has 0 fully saturated rings. The average Bonchev–Trinajstić information content (AvgIpc) is 2.52. The molecule has 0 saturated carbocycles. The van der Waals surface area contributed by atoms with E-state index in [9.17, 15) is 0 Å². The van der Waals surface area contributed by atoms with Gasteiger partial charge < -0.3 is 11.1 Å². The molecule has 0 aliphatic heterocycles. The van der Waals surface area contributed by atoms with E-state index < -0.39 is 0 Å². The summed E-state index contributed by atoms with van der Waals surface area (Å²) in [7, 11) is 0. The Balaban J connectivity index is 2.23. The lowest BCUT2D eigenvalue weighted by Gasteiger charge is -2.08. The van der Waals surface area contributed by atoms with Crippen LogP contribution >= 0.6 is 11.5 Å². The van der Waals surface area contributed by atoms with Gasteiger partial charge in [-0.15, -0.1) is 5.10 Å². The van der Waals surface area contributed by atoms with E-state index in [0.717, 1.165) is 11.4 Å². The minimum Gasteiger partial charge on any atom is -0.329 e. The number of aromatic nitrogens is 2. The average molecular weight is 172 g/mol. The predicted molar refractivity (Wildman–Crippen MR) is 45.3 cm³/mol. The standard InChI is InChI=1S/C6H12N4S/c1-5(2-7)8-3-6-4-9-10-11-6/h4-5,8H,2-3,7H2,1H3. The van der Waals surface area contributed by atoms with Crippen molar-refractivity contribution in [3.05, 3.63) is 11.1 Å². The molecule has 0 saturated heterocycles. The Morgan fingerprint density at radius 3 is 3.18 bits per heavy atom. The Morgan fingerprint density at radius 1 is 1.82 bits per heavy atom. The van der Waals surface area contributed by atoms with Gasteiger partial charge in [0.1, 0.15) is 0 Å². The zero-order valence-corrected chi connectivity index (χ0v) is 7.27. The molecule has 1 heterocycles. The second kappa shape index (κ2) is 4.38. The van der Waals surface area contributed by atoms with Gasteiger partial charge in [-0.05, 0) is 18.5 Å². The molecule has 4 nitrogen and oxygen atoms in total. The summed E-state index contributed by atoms with van der Waals surface area (Å²) >= 11 is 1.41. The van der Waals surface area contributed by atoms with Crippen LogP contribution in [0.25, 0.3) is 0 Å². The van der Waals surface area contributed by atoms with E-state index in [2.05, 4.69) is 21.8 Å². The van der Waals surface area contributed by atoms with Gasteiger partial charge in [-0.2, -0.15) is 0 Å². The van der Waals surface area contributed by atoms with E-state index in [1.165, 1.54) is 11.5 Å². The van der Waals surface area contributed by atoms with Crippen molar-refractivity contribution in [2.24, 2.45) is 5.73 Å². The van der Waals surface area contributed by atoms with E-state index in [0.29, 0.717) is 12.6 Å². The quantitative estimate of drug-likeness (QED) is 0.669. The number of rotatable bonds is 4. The van der Waals surface area contributed by atoms with Gasteiger partial charge in [-0.3, -0.25) is 0 Å². The first kappa shape index (κ1) is 8.58. The minimum absolute atomic E-state index is 0.358. The van der Waals surface area contributed by atoms with E-state index in [4.69, 9.17) is 5.73 Å². The third-order valence-electron chi connectivity index (χ3n) is 1.39. The zero-order valence-electron chi connectivity index (χ0n) is 6.45. The molecule has 0 aliphatic carbocycles. The molecule has 1 rings (SSSR count). The SMILES string of the molecule is CC(CN)NCc1cnns1. The van der Waals surface area contributed by atoms with Crippen LogP contribution in [0.2, 0.25) is 0 Å². The van der Waals surface area contributed by atoms with Crippen molar-refractivity contribution < 1.29 is 0 Å². The van der Waals surface area contributed by atoms with E-state index >= 15 is 0 Å². The van der Waals surface area contributed by atoms with Crippen LogP contribution in [0, 0.1) is 0 Å². The fourth-order valence-corrected chi connectivity index (χ4v) is 1.06.